The first kappa shape index (κ1) is 29.3. The first-order valence-corrected chi connectivity index (χ1v) is 1.76. The average molecular weight is 144 g/mol. The second-order valence-electron chi connectivity index (χ2n) is 0.863. The van der Waals surface area contributed by atoms with Crippen molar-refractivity contribution in [3.63, 3.8) is 0 Å². The van der Waals surface area contributed by atoms with Crippen LogP contribution in [0.2, 0.25) is 0 Å². The van der Waals surface area contributed by atoms with Crippen LogP contribution >= 0.6 is 0 Å². The summed E-state index contributed by atoms with van der Waals surface area (Å²) in [6, 6.07) is 0. The van der Waals surface area contributed by atoms with E-state index in [0.29, 0.717) is 0 Å². The Morgan fingerprint density at radius 1 is 1.18 bits per heavy atom. The Kier molecular flexibility index (Phi) is 60.2. The van der Waals surface area contributed by atoms with E-state index in [1.54, 1.807) is 0 Å². The molecule has 0 aromatic carbocycles. The van der Waals surface area contributed by atoms with Gasteiger partial charge in [0.15, 0.2) is 6.36 Å². The van der Waals surface area contributed by atoms with Gasteiger partial charge in [0.2, 0.25) is 0 Å². The van der Waals surface area contributed by atoms with Crippen LogP contribution in [0.15, 0.2) is 0 Å². The van der Waals surface area contributed by atoms with Crippen LogP contribution in [0.1, 0.15) is 6.92 Å². The van der Waals surface area contributed by atoms with Gasteiger partial charge in [0.25, 0.3) is 0 Å². The van der Waals surface area contributed by atoms with Crippen molar-refractivity contribution in [2.75, 3.05) is 0 Å². The van der Waals surface area contributed by atoms with E-state index in [2.05, 4.69) is 0 Å². The zero-order valence-electron chi connectivity index (χ0n) is 7.20. The summed E-state index contributed by atoms with van der Waals surface area (Å²) in [7, 11) is -2.92. The van der Waals surface area contributed by atoms with Crippen LogP contribution in [-0.4, -0.2) is 18.8 Å². The van der Waals surface area contributed by atoms with Gasteiger partial charge in [-0.25, -0.2) is 4.39 Å². The normalized spacial score (nSPS) is 8.18. The molecule has 9 heteroatoms. The molecule has 1 N–H and O–H groups in total. The van der Waals surface area contributed by atoms with E-state index in [1.165, 1.54) is 0 Å². The van der Waals surface area contributed by atoms with Crippen molar-refractivity contribution in [1.29, 1.82) is 0 Å². The van der Waals surface area contributed by atoms with Crippen LogP contribution in [0.5, 0.6) is 0 Å². The molecular formula is C2H5BFLi3O4. The molecule has 0 radical (unpaired) electrons. The van der Waals surface area contributed by atoms with Gasteiger partial charge in [0.1, 0.15) is 0 Å². The maximum Gasteiger partial charge on any atom is 1.00 e. The molecule has 1 atom stereocenters. The van der Waals surface area contributed by atoms with Gasteiger partial charge in [-0.15, -0.1) is 0 Å². The minimum Gasteiger partial charge on any atom is -0.907 e. The molecule has 0 heterocycles. The zero-order chi connectivity index (χ0) is 7.15. The predicted molar refractivity (Wildman–Crippen MR) is 18.5 cm³/mol. The fourth-order valence-corrected chi connectivity index (χ4v) is 0. The number of halogens is 1. The van der Waals surface area contributed by atoms with Crippen LogP contribution in [0.25, 0.3) is 0 Å². The third kappa shape index (κ3) is 407. The van der Waals surface area contributed by atoms with Gasteiger partial charge in [0.05, 0.1) is 0 Å². The number of hydrogen-bond donors (Lipinski definition) is 1. The van der Waals surface area contributed by atoms with Crippen LogP contribution in [0.3, 0.4) is 0 Å². The molecule has 0 amide bonds. The molecule has 0 saturated carbocycles. The smallest absolute Gasteiger partial charge is 0.907 e. The van der Waals surface area contributed by atoms with Crippen LogP contribution in [0, 0.1) is 0 Å². The molecule has 0 rings (SSSR count). The largest absolute Gasteiger partial charge is 1.00 e. The van der Waals surface area contributed by atoms with Gasteiger partial charge in [-0.2, -0.15) is 0 Å². The van der Waals surface area contributed by atoms with Crippen molar-refractivity contribution in [2.45, 2.75) is 13.3 Å². The maximum atomic E-state index is 10.6. The van der Waals surface area contributed by atoms with Gasteiger partial charge in [0, 0.05) is 0 Å². The fourth-order valence-electron chi connectivity index (χ4n) is 0. The summed E-state index contributed by atoms with van der Waals surface area (Å²) < 4.78 is 10.6. The number of aliphatic hydroxyl groups is 1. The molecule has 0 saturated heterocycles. The molecule has 0 aliphatic carbocycles. The SMILES string of the molecule is CC(O)F.[Li+].[Li+].[Li+].[O-]B([O-])[O-]. The molecular weight excluding hydrogens is 139 g/mol. The van der Waals surface area contributed by atoms with Crippen LogP contribution in [-0.2, 0) is 0 Å². The molecule has 0 fully saturated rings. The molecule has 0 aliphatic heterocycles. The monoisotopic (exact) mass is 144 g/mol. The molecule has 0 aliphatic rings. The Labute approximate surface area is 101 Å². The standard InChI is InChI=1S/C2H5FO.BO3.3Li/c1-2(3)4;2-1(3)4;;;/h2,4H,1H3;;;;/q;-3;3*+1. The molecule has 0 spiro atoms. The average Bonchev–Trinajstić information content (AvgIpc) is 1.25. The maximum absolute atomic E-state index is 10.6. The van der Waals surface area contributed by atoms with Crippen LogP contribution in [0.4, 0.5) is 4.39 Å². The first-order chi connectivity index (χ1) is 3.46. The molecule has 50 valence electrons. The third-order valence-electron chi connectivity index (χ3n) is 0. The van der Waals surface area contributed by atoms with E-state index in [9.17, 15) is 4.39 Å². The van der Waals surface area contributed by atoms with E-state index < -0.39 is 13.7 Å². The first-order valence-electron chi connectivity index (χ1n) is 1.76. The van der Waals surface area contributed by atoms with Crippen molar-refractivity contribution in [1.82, 2.24) is 0 Å². The molecule has 0 bridgehead atoms. The number of alkyl halides is 1. The van der Waals surface area contributed by atoms with E-state index in [0.717, 1.165) is 6.92 Å². The summed E-state index contributed by atoms with van der Waals surface area (Å²) in [5.74, 6) is 0. The van der Waals surface area contributed by atoms with Gasteiger partial charge >= 0.3 is 56.6 Å². The van der Waals surface area contributed by atoms with E-state index in [4.69, 9.17) is 20.2 Å². The Hall–Kier alpha value is 1.63. The molecule has 0 aromatic rings. The fraction of sp³-hybridized carbons (Fsp3) is 1.00. The van der Waals surface area contributed by atoms with Crippen molar-refractivity contribution in [2.24, 2.45) is 0 Å². The molecule has 11 heavy (non-hydrogen) atoms. The number of rotatable bonds is 0. The summed E-state index contributed by atoms with van der Waals surface area (Å²) in [5.41, 5.74) is 0. The van der Waals surface area contributed by atoms with Crippen molar-refractivity contribution < 1.29 is 81.2 Å². The topological polar surface area (TPSA) is 89.4 Å². The molecule has 4 nitrogen and oxygen atoms in total. The van der Waals surface area contributed by atoms with Gasteiger partial charge < -0.3 is 20.2 Å². The Morgan fingerprint density at radius 2 is 1.18 bits per heavy atom. The minimum absolute atomic E-state index is 0. The zero-order valence-corrected chi connectivity index (χ0v) is 7.20. The van der Waals surface area contributed by atoms with E-state index in [1.807, 2.05) is 0 Å². The Balaban J connectivity index is -0.0000000171. The predicted octanol–water partition coefficient (Wildman–Crippen LogP) is -12.6. The summed E-state index contributed by atoms with van der Waals surface area (Å²) in [6.45, 7) is 1.06. The molecule has 0 aromatic heterocycles. The second-order valence-corrected chi connectivity index (χ2v) is 0.863. The Bertz CT molecular complexity index is 38.8. The third-order valence-corrected chi connectivity index (χ3v) is 0. The van der Waals surface area contributed by atoms with E-state index >= 15 is 0 Å². The van der Waals surface area contributed by atoms with Crippen molar-refractivity contribution in [3.8, 4) is 0 Å². The number of aliphatic hydroxyl groups excluding tert-OH is 1. The summed E-state index contributed by atoms with van der Waals surface area (Å²) in [5, 5.41) is 32.6. The van der Waals surface area contributed by atoms with Crippen molar-refractivity contribution in [3.05, 3.63) is 0 Å². The van der Waals surface area contributed by atoms with Crippen molar-refractivity contribution >= 4 is 7.32 Å². The quantitative estimate of drug-likeness (QED) is 0.341. The van der Waals surface area contributed by atoms with Gasteiger partial charge in [-0.1, -0.05) is 0 Å². The van der Waals surface area contributed by atoms with Crippen LogP contribution < -0.4 is 71.7 Å². The second kappa shape index (κ2) is 22.6. The Morgan fingerprint density at radius 3 is 1.18 bits per heavy atom. The number of hydrogen-bond acceptors (Lipinski definition) is 4. The summed E-state index contributed by atoms with van der Waals surface area (Å²) >= 11 is 0. The minimum atomic E-state index is -2.92. The summed E-state index contributed by atoms with van der Waals surface area (Å²) in [6.07, 6.45) is -1.67. The molecule has 1 unspecified atom stereocenters. The van der Waals surface area contributed by atoms with Gasteiger partial charge in [-0.3, -0.25) is 7.32 Å². The van der Waals surface area contributed by atoms with E-state index in [-0.39, 0.29) is 56.6 Å². The van der Waals surface area contributed by atoms with Gasteiger partial charge in [-0.05, 0) is 6.92 Å². The summed E-state index contributed by atoms with van der Waals surface area (Å²) in [4.78, 5) is 0.